The summed E-state index contributed by atoms with van der Waals surface area (Å²) in [4.78, 5) is 0. The Kier molecular flexibility index (Phi) is 7.07. The van der Waals surface area contributed by atoms with Gasteiger partial charge in [-0.2, -0.15) is 0 Å². The van der Waals surface area contributed by atoms with Gasteiger partial charge < -0.3 is 0 Å². The number of hydrogen-bond donors (Lipinski definition) is 1. The molecule has 0 amide bonds. The summed E-state index contributed by atoms with van der Waals surface area (Å²) in [6.45, 7) is 7.20. The molecule has 0 unspecified atom stereocenters. The van der Waals surface area contributed by atoms with Crippen molar-refractivity contribution in [3.63, 3.8) is 0 Å². The molecule has 1 saturated carbocycles. The molecule has 2 rings (SSSR count). The van der Waals surface area contributed by atoms with E-state index in [1.54, 1.807) is 0 Å². The molecular formula is C19H33NO2SSi. The summed E-state index contributed by atoms with van der Waals surface area (Å²) < 4.78 is 27.7. The van der Waals surface area contributed by atoms with E-state index in [9.17, 15) is 8.42 Å². The molecule has 0 spiro atoms. The average molecular weight is 368 g/mol. The quantitative estimate of drug-likeness (QED) is 0.682. The van der Waals surface area contributed by atoms with Gasteiger partial charge in [-0.25, -0.2) is 13.1 Å². The van der Waals surface area contributed by atoms with Crippen molar-refractivity contribution in [2.45, 2.75) is 63.7 Å². The Morgan fingerprint density at radius 1 is 1.08 bits per heavy atom. The molecular weight excluding hydrogens is 334 g/mol. The SMILES string of the molecule is C[Si](C)(C)CCS(=O)(=O)NC[C@H](c1ccccc1)C1CCCCC1. The van der Waals surface area contributed by atoms with Crippen LogP contribution in [-0.4, -0.2) is 28.8 Å². The molecule has 3 nitrogen and oxygen atoms in total. The first kappa shape index (κ1) is 19.7. The molecule has 0 heterocycles. The fourth-order valence-electron chi connectivity index (χ4n) is 3.52. The first-order valence-corrected chi connectivity index (χ1v) is 14.7. The highest BCUT2D eigenvalue weighted by atomic mass is 32.2. The van der Waals surface area contributed by atoms with Crippen molar-refractivity contribution in [2.75, 3.05) is 12.3 Å². The standard InChI is InChI=1S/C19H33NO2SSi/c1-24(2,3)15-14-23(21,22)20-16-19(17-10-6-4-7-11-17)18-12-8-5-9-13-18/h4,6-7,10-11,18-20H,5,8-9,12-16H2,1-3H3/t19-/m1/s1. The number of rotatable bonds is 8. The smallest absolute Gasteiger partial charge is 0.211 e. The molecule has 0 bridgehead atoms. The van der Waals surface area contributed by atoms with Crippen LogP contribution < -0.4 is 4.72 Å². The second kappa shape index (κ2) is 8.63. The second-order valence-corrected chi connectivity index (χ2v) is 15.9. The van der Waals surface area contributed by atoms with Gasteiger partial charge in [-0.3, -0.25) is 0 Å². The maximum Gasteiger partial charge on any atom is 0.211 e. The molecule has 1 aliphatic carbocycles. The Balaban J connectivity index is 2.03. The fourth-order valence-corrected chi connectivity index (χ4v) is 7.63. The molecule has 5 heteroatoms. The maximum atomic E-state index is 12.4. The van der Waals surface area contributed by atoms with Crippen LogP contribution in [0.4, 0.5) is 0 Å². The van der Waals surface area contributed by atoms with Crippen LogP contribution in [0.1, 0.15) is 43.6 Å². The highest BCUT2D eigenvalue weighted by Gasteiger charge is 2.27. The van der Waals surface area contributed by atoms with E-state index in [-0.39, 0.29) is 5.75 Å². The van der Waals surface area contributed by atoms with Crippen molar-refractivity contribution in [1.82, 2.24) is 4.72 Å². The van der Waals surface area contributed by atoms with Crippen LogP contribution in [0.3, 0.4) is 0 Å². The van der Waals surface area contributed by atoms with Crippen molar-refractivity contribution in [3.8, 4) is 0 Å². The van der Waals surface area contributed by atoms with Gasteiger partial charge in [0.15, 0.2) is 0 Å². The second-order valence-electron chi connectivity index (χ2n) is 8.39. The predicted octanol–water partition coefficient (Wildman–Crippen LogP) is 4.61. The Hall–Kier alpha value is -0.653. The summed E-state index contributed by atoms with van der Waals surface area (Å²) in [7, 11) is -4.51. The highest BCUT2D eigenvalue weighted by molar-refractivity contribution is 7.89. The third kappa shape index (κ3) is 6.69. The zero-order valence-electron chi connectivity index (χ0n) is 15.4. The highest BCUT2D eigenvalue weighted by Crippen LogP contribution is 2.35. The maximum absolute atomic E-state index is 12.4. The number of benzene rings is 1. The largest absolute Gasteiger partial charge is 0.215 e. The van der Waals surface area contributed by atoms with E-state index in [0.29, 0.717) is 18.4 Å². The van der Waals surface area contributed by atoms with Gasteiger partial charge in [-0.05, 0) is 30.4 Å². The average Bonchev–Trinajstić information content (AvgIpc) is 2.55. The lowest BCUT2D eigenvalue weighted by molar-refractivity contribution is 0.303. The van der Waals surface area contributed by atoms with E-state index in [1.165, 1.54) is 37.7 Å². The van der Waals surface area contributed by atoms with Crippen molar-refractivity contribution < 1.29 is 8.42 Å². The number of sulfonamides is 1. The topological polar surface area (TPSA) is 46.2 Å². The lowest BCUT2D eigenvalue weighted by atomic mass is 9.77. The van der Waals surface area contributed by atoms with E-state index in [2.05, 4.69) is 48.6 Å². The third-order valence-electron chi connectivity index (χ3n) is 5.09. The van der Waals surface area contributed by atoms with E-state index >= 15 is 0 Å². The summed E-state index contributed by atoms with van der Waals surface area (Å²) in [5, 5.41) is 0. The minimum Gasteiger partial charge on any atom is -0.215 e. The molecule has 0 aromatic heterocycles. The summed E-state index contributed by atoms with van der Waals surface area (Å²) in [6, 6.07) is 11.3. The Morgan fingerprint density at radius 3 is 2.29 bits per heavy atom. The van der Waals surface area contributed by atoms with Crippen LogP contribution in [0.2, 0.25) is 25.7 Å². The van der Waals surface area contributed by atoms with Gasteiger partial charge in [0.1, 0.15) is 0 Å². The molecule has 1 N–H and O–H groups in total. The first-order chi connectivity index (χ1) is 11.3. The third-order valence-corrected chi connectivity index (χ3v) is 8.55. The zero-order chi connectivity index (χ0) is 17.6. The fraction of sp³-hybridized carbons (Fsp3) is 0.684. The Bertz CT molecular complexity index is 590. The van der Waals surface area contributed by atoms with Gasteiger partial charge in [0, 0.05) is 20.5 Å². The molecule has 1 aliphatic rings. The van der Waals surface area contributed by atoms with E-state index in [4.69, 9.17) is 0 Å². The molecule has 1 fully saturated rings. The zero-order valence-corrected chi connectivity index (χ0v) is 17.2. The van der Waals surface area contributed by atoms with Crippen molar-refractivity contribution in [3.05, 3.63) is 35.9 Å². The van der Waals surface area contributed by atoms with Gasteiger partial charge in [0.05, 0.1) is 5.75 Å². The van der Waals surface area contributed by atoms with Crippen LogP contribution >= 0.6 is 0 Å². The minimum absolute atomic E-state index is 0.273. The van der Waals surface area contributed by atoms with Crippen LogP contribution in [0.5, 0.6) is 0 Å². The van der Waals surface area contributed by atoms with Gasteiger partial charge in [-0.1, -0.05) is 69.2 Å². The molecule has 1 aromatic rings. The van der Waals surface area contributed by atoms with Crippen LogP contribution in [0, 0.1) is 5.92 Å². The lowest BCUT2D eigenvalue weighted by Crippen LogP contribution is -2.35. The van der Waals surface area contributed by atoms with Crippen LogP contribution in [0.15, 0.2) is 30.3 Å². The minimum atomic E-state index is -3.17. The van der Waals surface area contributed by atoms with Crippen molar-refractivity contribution in [2.24, 2.45) is 5.92 Å². The normalized spacial score (nSPS) is 18.5. The molecule has 0 saturated heterocycles. The molecule has 1 atom stereocenters. The Labute approximate surface area is 149 Å². The monoisotopic (exact) mass is 367 g/mol. The summed E-state index contributed by atoms with van der Waals surface area (Å²) in [5.74, 6) is 1.17. The number of hydrogen-bond acceptors (Lipinski definition) is 2. The van der Waals surface area contributed by atoms with Gasteiger partial charge in [0.25, 0.3) is 0 Å². The van der Waals surface area contributed by atoms with Crippen LogP contribution in [-0.2, 0) is 10.0 Å². The van der Waals surface area contributed by atoms with Crippen molar-refractivity contribution >= 4 is 18.1 Å². The molecule has 1 aromatic carbocycles. The summed E-state index contributed by atoms with van der Waals surface area (Å²) in [5.41, 5.74) is 1.28. The van der Waals surface area contributed by atoms with Crippen LogP contribution in [0.25, 0.3) is 0 Å². The predicted molar refractivity (Wildman–Crippen MR) is 106 cm³/mol. The molecule has 0 aliphatic heterocycles. The van der Waals surface area contributed by atoms with Gasteiger partial charge in [0.2, 0.25) is 10.0 Å². The van der Waals surface area contributed by atoms with Gasteiger partial charge in [-0.15, -0.1) is 0 Å². The van der Waals surface area contributed by atoms with E-state index in [0.717, 1.165) is 6.04 Å². The summed E-state index contributed by atoms with van der Waals surface area (Å²) >= 11 is 0. The molecule has 136 valence electrons. The molecule has 24 heavy (non-hydrogen) atoms. The van der Waals surface area contributed by atoms with E-state index < -0.39 is 18.1 Å². The number of nitrogens with one attached hydrogen (secondary N) is 1. The first-order valence-electron chi connectivity index (χ1n) is 9.29. The lowest BCUT2D eigenvalue weighted by Gasteiger charge is -2.31. The molecule has 0 radical (unpaired) electrons. The van der Waals surface area contributed by atoms with E-state index in [1.807, 2.05) is 6.07 Å². The van der Waals surface area contributed by atoms with Crippen molar-refractivity contribution in [1.29, 1.82) is 0 Å². The summed E-state index contributed by atoms with van der Waals surface area (Å²) in [6.07, 6.45) is 6.30. The van der Waals surface area contributed by atoms with Gasteiger partial charge >= 0.3 is 0 Å². The Morgan fingerprint density at radius 2 is 1.71 bits per heavy atom.